The molecule has 0 aliphatic heterocycles. The van der Waals surface area contributed by atoms with Crippen molar-refractivity contribution in [2.75, 3.05) is 0 Å². The fourth-order valence-corrected chi connectivity index (χ4v) is 3.01. The fraction of sp³-hybridized carbons (Fsp3) is 0. The first-order valence-corrected chi connectivity index (χ1v) is 7.29. The van der Waals surface area contributed by atoms with Gasteiger partial charge in [0.25, 0.3) is 0 Å². The average molecular weight is 291 g/mol. The van der Waals surface area contributed by atoms with Crippen molar-refractivity contribution in [3.8, 4) is 11.1 Å². The van der Waals surface area contributed by atoms with Crippen LogP contribution in [0.15, 0.2) is 65.1 Å². The third-order valence-electron chi connectivity index (χ3n) is 3.93. The third-order valence-corrected chi connectivity index (χ3v) is 4.34. The molecule has 3 aromatic carbocycles. The van der Waals surface area contributed by atoms with E-state index in [1.807, 2.05) is 38.2 Å². The Balaban J connectivity index is 2.17. The van der Waals surface area contributed by atoms with Gasteiger partial charge >= 0.3 is 0 Å². The maximum Gasteiger partial charge on any atom is 0.146 e. The van der Waals surface area contributed by atoms with Gasteiger partial charge in [0, 0.05) is 15.8 Å². The fourth-order valence-electron chi connectivity index (χ4n) is 2.86. The summed E-state index contributed by atoms with van der Waals surface area (Å²) >= 11 is 6.21. The summed E-state index contributed by atoms with van der Waals surface area (Å²) in [5.41, 5.74) is 5.15. The quantitative estimate of drug-likeness (QED) is 0.480. The molecule has 3 heteroatoms. The molecule has 4 aromatic rings. The summed E-state index contributed by atoms with van der Waals surface area (Å²) in [6.45, 7) is 0. The van der Waals surface area contributed by atoms with Gasteiger partial charge in [-0.05, 0) is 34.8 Å². The van der Waals surface area contributed by atoms with Crippen LogP contribution in [0.1, 0.15) is 0 Å². The molecule has 0 atom stereocenters. The number of hydrogen-bond acceptors (Lipinski definition) is 1. The Kier molecular flexibility index (Phi) is 2.79. The normalized spacial score (nSPS) is 11.3. The molecule has 0 spiro atoms. The Labute approximate surface area is 128 Å². The summed E-state index contributed by atoms with van der Waals surface area (Å²) < 4.78 is 6.04. The van der Waals surface area contributed by atoms with E-state index in [0.29, 0.717) is 0 Å². The number of halogens is 1. The van der Waals surface area contributed by atoms with Crippen LogP contribution in [-0.2, 0) is 0 Å². The topological polar surface area (TPSA) is 13.1 Å². The first-order valence-electron chi connectivity index (χ1n) is 6.91. The second-order valence-electron chi connectivity index (χ2n) is 5.20. The van der Waals surface area contributed by atoms with E-state index in [9.17, 15) is 0 Å². The molecule has 0 bridgehead atoms. The summed E-state index contributed by atoms with van der Waals surface area (Å²) in [4.78, 5) is 0. The molecule has 1 heterocycles. The number of benzene rings is 3. The third kappa shape index (κ3) is 1.87. The highest BCUT2D eigenvalue weighted by atomic mass is 35.5. The summed E-state index contributed by atoms with van der Waals surface area (Å²) in [5, 5.41) is 3.01. The zero-order valence-electron chi connectivity index (χ0n) is 11.6. The van der Waals surface area contributed by atoms with Gasteiger partial charge in [0.1, 0.15) is 19.0 Å². The SMILES string of the molecule is Bc1c(Cl)ccc2c1oc1cccc(-c3ccccc3)c12. The molecule has 0 radical (unpaired) electrons. The summed E-state index contributed by atoms with van der Waals surface area (Å²) in [7, 11) is 2.00. The van der Waals surface area contributed by atoms with Crippen LogP contribution in [0.2, 0.25) is 5.02 Å². The minimum Gasteiger partial charge on any atom is -0.457 e. The summed E-state index contributed by atoms with van der Waals surface area (Å²) in [6.07, 6.45) is 0. The number of furan rings is 1. The molecule has 0 aliphatic rings. The molecule has 0 fully saturated rings. The average Bonchev–Trinajstić information content (AvgIpc) is 2.91. The van der Waals surface area contributed by atoms with Crippen LogP contribution in [0, 0.1) is 0 Å². The molecule has 0 unspecified atom stereocenters. The van der Waals surface area contributed by atoms with Crippen LogP contribution in [0.5, 0.6) is 0 Å². The van der Waals surface area contributed by atoms with Gasteiger partial charge in [-0.2, -0.15) is 0 Å². The van der Waals surface area contributed by atoms with Crippen molar-refractivity contribution < 1.29 is 4.42 Å². The molecule has 4 rings (SSSR count). The van der Waals surface area contributed by atoms with Crippen LogP contribution in [0.4, 0.5) is 0 Å². The smallest absolute Gasteiger partial charge is 0.146 e. The van der Waals surface area contributed by atoms with Gasteiger partial charge < -0.3 is 4.42 Å². The second-order valence-corrected chi connectivity index (χ2v) is 5.60. The van der Waals surface area contributed by atoms with Gasteiger partial charge in [-0.25, -0.2) is 0 Å². The molecule has 0 saturated carbocycles. The van der Waals surface area contributed by atoms with Crippen LogP contribution < -0.4 is 5.46 Å². The highest BCUT2D eigenvalue weighted by Crippen LogP contribution is 2.36. The van der Waals surface area contributed by atoms with E-state index >= 15 is 0 Å². The lowest BCUT2D eigenvalue weighted by Crippen LogP contribution is -2.03. The molecule has 100 valence electrons. The van der Waals surface area contributed by atoms with E-state index in [4.69, 9.17) is 16.0 Å². The molecule has 21 heavy (non-hydrogen) atoms. The van der Waals surface area contributed by atoms with Gasteiger partial charge in [-0.3, -0.25) is 0 Å². The summed E-state index contributed by atoms with van der Waals surface area (Å²) in [6, 6.07) is 20.5. The Morgan fingerprint density at radius 3 is 2.48 bits per heavy atom. The van der Waals surface area contributed by atoms with E-state index in [-0.39, 0.29) is 0 Å². The lowest BCUT2D eigenvalue weighted by molar-refractivity contribution is 0.671. The van der Waals surface area contributed by atoms with Gasteiger partial charge in [0.05, 0.1) is 0 Å². The van der Waals surface area contributed by atoms with E-state index in [1.54, 1.807) is 0 Å². The Morgan fingerprint density at radius 1 is 0.857 bits per heavy atom. The van der Waals surface area contributed by atoms with Crippen molar-refractivity contribution in [2.24, 2.45) is 0 Å². The van der Waals surface area contributed by atoms with E-state index in [2.05, 4.69) is 30.3 Å². The van der Waals surface area contributed by atoms with Crippen molar-refractivity contribution >= 4 is 46.8 Å². The standard InChI is InChI=1S/C18H12BClO/c19-17-14(20)10-9-13-16-12(11-5-2-1-3-6-11)7-4-8-15(16)21-18(13)17/h1-10H,19H2. The van der Waals surface area contributed by atoms with E-state index in [0.717, 1.165) is 32.4 Å². The van der Waals surface area contributed by atoms with Gasteiger partial charge in [-0.15, -0.1) is 0 Å². The molecule has 0 N–H and O–H groups in total. The largest absolute Gasteiger partial charge is 0.457 e. The monoisotopic (exact) mass is 290 g/mol. The Morgan fingerprint density at radius 2 is 1.67 bits per heavy atom. The molecule has 0 saturated heterocycles. The van der Waals surface area contributed by atoms with E-state index < -0.39 is 0 Å². The lowest BCUT2D eigenvalue weighted by Gasteiger charge is -2.03. The lowest BCUT2D eigenvalue weighted by atomic mass is 9.92. The first kappa shape index (κ1) is 12.5. The zero-order chi connectivity index (χ0) is 14.4. The van der Waals surface area contributed by atoms with Crippen LogP contribution in [-0.4, -0.2) is 7.85 Å². The van der Waals surface area contributed by atoms with Crippen molar-refractivity contribution in [2.45, 2.75) is 0 Å². The van der Waals surface area contributed by atoms with Crippen LogP contribution >= 0.6 is 11.6 Å². The van der Waals surface area contributed by atoms with Crippen molar-refractivity contribution in [1.82, 2.24) is 0 Å². The van der Waals surface area contributed by atoms with Gasteiger partial charge in [0.15, 0.2) is 0 Å². The van der Waals surface area contributed by atoms with Crippen molar-refractivity contribution in [3.63, 3.8) is 0 Å². The molecule has 1 aromatic heterocycles. The number of hydrogen-bond donors (Lipinski definition) is 0. The molecule has 0 amide bonds. The maximum absolute atomic E-state index is 6.21. The predicted octanol–water partition coefficient (Wildman–Crippen LogP) is 4.16. The summed E-state index contributed by atoms with van der Waals surface area (Å²) in [5.74, 6) is 0. The van der Waals surface area contributed by atoms with Gasteiger partial charge in [-0.1, -0.05) is 54.1 Å². The highest BCUT2D eigenvalue weighted by Gasteiger charge is 2.14. The Hall–Kier alpha value is -2.19. The molecule has 1 nitrogen and oxygen atoms in total. The van der Waals surface area contributed by atoms with Crippen molar-refractivity contribution in [1.29, 1.82) is 0 Å². The van der Waals surface area contributed by atoms with Gasteiger partial charge in [0.2, 0.25) is 0 Å². The first-order chi connectivity index (χ1) is 10.3. The molecular formula is C18H12BClO. The predicted molar refractivity (Wildman–Crippen MR) is 92.3 cm³/mol. The van der Waals surface area contributed by atoms with Crippen LogP contribution in [0.25, 0.3) is 33.1 Å². The molecular weight excluding hydrogens is 278 g/mol. The zero-order valence-corrected chi connectivity index (χ0v) is 12.3. The minimum absolute atomic E-state index is 0.739. The molecule has 0 aliphatic carbocycles. The minimum atomic E-state index is 0.739. The number of rotatable bonds is 1. The maximum atomic E-state index is 6.21. The number of fused-ring (bicyclic) bond motifs is 3. The highest BCUT2D eigenvalue weighted by molar-refractivity contribution is 6.49. The van der Waals surface area contributed by atoms with E-state index in [1.165, 1.54) is 11.1 Å². The second kappa shape index (κ2) is 4.68. The Bertz CT molecular complexity index is 957. The van der Waals surface area contributed by atoms with Crippen molar-refractivity contribution in [3.05, 3.63) is 65.7 Å². The van der Waals surface area contributed by atoms with Crippen LogP contribution in [0.3, 0.4) is 0 Å².